The summed E-state index contributed by atoms with van der Waals surface area (Å²) in [6.45, 7) is 1.60. The molecule has 1 aromatic carbocycles. The minimum absolute atomic E-state index is 0.0508. The van der Waals surface area contributed by atoms with Crippen molar-refractivity contribution in [2.24, 2.45) is 0 Å². The van der Waals surface area contributed by atoms with Crippen molar-refractivity contribution in [1.29, 1.82) is 0 Å². The Hall–Kier alpha value is -1.76. The average molecular weight is 320 g/mol. The van der Waals surface area contributed by atoms with E-state index < -0.39 is 17.1 Å². The van der Waals surface area contributed by atoms with Crippen LogP contribution in [0.3, 0.4) is 0 Å². The van der Waals surface area contributed by atoms with Crippen LogP contribution in [-0.2, 0) is 17.5 Å². The second-order valence-electron chi connectivity index (χ2n) is 4.55. The van der Waals surface area contributed by atoms with Gasteiger partial charge in [-0.3, -0.25) is 4.79 Å². The van der Waals surface area contributed by atoms with Gasteiger partial charge >= 0.3 is 6.18 Å². The van der Waals surface area contributed by atoms with E-state index in [1.807, 2.05) is 0 Å². The SMILES string of the molecule is CNC(=O)Cn1c(C(C)Cl)nc2cc(C(F)(F)F)ccc21. The maximum Gasteiger partial charge on any atom is 0.416 e. The molecule has 0 fully saturated rings. The van der Waals surface area contributed by atoms with Crippen molar-refractivity contribution in [2.45, 2.75) is 25.0 Å². The second kappa shape index (κ2) is 5.55. The highest BCUT2D eigenvalue weighted by Gasteiger charge is 2.31. The van der Waals surface area contributed by atoms with E-state index in [-0.39, 0.29) is 18.0 Å². The molecule has 0 spiro atoms. The summed E-state index contributed by atoms with van der Waals surface area (Å²) in [4.78, 5) is 15.7. The molecule has 1 aromatic heterocycles. The van der Waals surface area contributed by atoms with Crippen molar-refractivity contribution < 1.29 is 18.0 Å². The summed E-state index contributed by atoms with van der Waals surface area (Å²) in [5, 5.41) is 1.93. The normalized spacial score (nSPS) is 13.4. The number of rotatable bonds is 3. The van der Waals surface area contributed by atoms with Gasteiger partial charge in [0, 0.05) is 7.05 Å². The second-order valence-corrected chi connectivity index (χ2v) is 5.20. The number of likely N-dealkylation sites (N-methyl/N-ethyl adjacent to an activating group) is 1. The van der Waals surface area contributed by atoms with Gasteiger partial charge in [0.1, 0.15) is 12.4 Å². The summed E-state index contributed by atoms with van der Waals surface area (Å²) in [5.41, 5.74) is -0.182. The highest BCUT2D eigenvalue weighted by atomic mass is 35.5. The van der Waals surface area contributed by atoms with E-state index in [0.29, 0.717) is 11.3 Å². The maximum atomic E-state index is 12.7. The predicted molar refractivity (Wildman–Crippen MR) is 73.1 cm³/mol. The molecule has 2 aromatic rings. The van der Waals surface area contributed by atoms with Crippen molar-refractivity contribution in [1.82, 2.24) is 14.9 Å². The summed E-state index contributed by atoms with van der Waals surface area (Å²) >= 11 is 6.00. The monoisotopic (exact) mass is 319 g/mol. The summed E-state index contributed by atoms with van der Waals surface area (Å²) in [6.07, 6.45) is -4.44. The van der Waals surface area contributed by atoms with Gasteiger partial charge in [-0.05, 0) is 25.1 Å². The van der Waals surface area contributed by atoms with Gasteiger partial charge in [-0.25, -0.2) is 4.98 Å². The first-order valence-electron chi connectivity index (χ1n) is 6.16. The van der Waals surface area contributed by atoms with Gasteiger partial charge in [-0.2, -0.15) is 13.2 Å². The number of amides is 1. The van der Waals surface area contributed by atoms with Gasteiger partial charge in [0.15, 0.2) is 0 Å². The highest BCUT2D eigenvalue weighted by molar-refractivity contribution is 6.20. The lowest BCUT2D eigenvalue weighted by molar-refractivity contribution is -0.137. The van der Waals surface area contributed by atoms with E-state index in [1.165, 1.54) is 17.7 Å². The maximum absolute atomic E-state index is 12.7. The van der Waals surface area contributed by atoms with Gasteiger partial charge in [0.25, 0.3) is 0 Å². The van der Waals surface area contributed by atoms with E-state index in [4.69, 9.17) is 11.6 Å². The van der Waals surface area contributed by atoms with Crippen LogP contribution in [0.2, 0.25) is 0 Å². The van der Waals surface area contributed by atoms with Gasteiger partial charge in [0.2, 0.25) is 5.91 Å². The lowest BCUT2D eigenvalue weighted by Gasteiger charge is -2.10. The number of fused-ring (bicyclic) bond motifs is 1. The van der Waals surface area contributed by atoms with E-state index in [0.717, 1.165) is 12.1 Å². The number of carbonyl (C=O) groups is 1. The molecule has 1 unspecified atom stereocenters. The Morgan fingerprint density at radius 1 is 1.48 bits per heavy atom. The number of imidazole rings is 1. The molecule has 4 nitrogen and oxygen atoms in total. The Morgan fingerprint density at radius 3 is 2.67 bits per heavy atom. The molecule has 8 heteroatoms. The molecule has 0 saturated carbocycles. The molecule has 1 heterocycles. The molecule has 1 amide bonds. The lowest BCUT2D eigenvalue weighted by atomic mass is 10.2. The van der Waals surface area contributed by atoms with Crippen LogP contribution in [0.4, 0.5) is 13.2 Å². The number of nitrogens with zero attached hydrogens (tertiary/aromatic N) is 2. The van der Waals surface area contributed by atoms with Crippen LogP contribution in [0.15, 0.2) is 18.2 Å². The molecule has 0 saturated heterocycles. The van der Waals surface area contributed by atoms with Gasteiger partial charge in [-0.1, -0.05) is 0 Å². The van der Waals surface area contributed by atoms with Crippen LogP contribution in [0.1, 0.15) is 23.7 Å². The van der Waals surface area contributed by atoms with Crippen molar-refractivity contribution in [3.05, 3.63) is 29.6 Å². The van der Waals surface area contributed by atoms with Gasteiger partial charge in [-0.15, -0.1) is 11.6 Å². The van der Waals surface area contributed by atoms with E-state index in [9.17, 15) is 18.0 Å². The largest absolute Gasteiger partial charge is 0.416 e. The quantitative estimate of drug-likeness (QED) is 0.884. The van der Waals surface area contributed by atoms with Crippen LogP contribution in [0, 0.1) is 0 Å². The summed E-state index contributed by atoms with van der Waals surface area (Å²) in [7, 11) is 1.48. The summed E-state index contributed by atoms with van der Waals surface area (Å²) in [6, 6.07) is 3.22. The van der Waals surface area contributed by atoms with Crippen molar-refractivity contribution in [3.8, 4) is 0 Å². The van der Waals surface area contributed by atoms with Crippen LogP contribution >= 0.6 is 11.6 Å². The van der Waals surface area contributed by atoms with Crippen LogP contribution in [0.5, 0.6) is 0 Å². The Labute approximate surface area is 123 Å². The molecular formula is C13H13ClF3N3O. The van der Waals surface area contributed by atoms with Gasteiger partial charge in [0.05, 0.1) is 22.0 Å². The Balaban J connectivity index is 2.60. The molecule has 0 aliphatic carbocycles. The molecule has 0 radical (unpaired) electrons. The number of halogens is 4. The van der Waals surface area contributed by atoms with Crippen LogP contribution < -0.4 is 5.32 Å². The number of carbonyl (C=O) groups excluding carboxylic acids is 1. The topological polar surface area (TPSA) is 46.9 Å². The third-order valence-electron chi connectivity index (χ3n) is 3.04. The smallest absolute Gasteiger partial charge is 0.358 e. The first-order chi connectivity index (χ1) is 9.74. The lowest BCUT2D eigenvalue weighted by Crippen LogP contribution is -2.24. The highest BCUT2D eigenvalue weighted by Crippen LogP contribution is 2.32. The fourth-order valence-electron chi connectivity index (χ4n) is 2.02. The number of hydrogen-bond donors (Lipinski definition) is 1. The zero-order chi connectivity index (χ0) is 15.8. The van der Waals surface area contributed by atoms with Crippen LogP contribution in [-0.4, -0.2) is 22.5 Å². The fourth-order valence-corrected chi connectivity index (χ4v) is 2.18. The van der Waals surface area contributed by atoms with Crippen molar-refractivity contribution in [2.75, 3.05) is 7.05 Å². The first kappa shape index (κ1) is 15.6. The van der Waals surface area contributed by atoms with Crippen molar-refractivity contribution in [3.63, 3.8) is 0 Å². The first-order valence-corrected chi connectivity index (χ1v) is 6.59. The summed E-state index contributed by atoms with van der Waals surface area (Å²) < 4.78 is 39.7. The van der Waals surface area contributed by atoms with Crippen molar-refractivity contribution >= 4 is 28.5 Å². The molecular weight excluding hydrogens is 307 g/mol. The Kier molecular flexibility index (Phi) is 4.13. The molecule has 0 aliphatic rings. The van der Waals surface area contributed by atoms with E-state index in [1.54, 1.807) is 6.92 Å². The number of nitrogens with one attached hydrogen (secondary N) is 1. The zero-order valence-electron chi connectivity index (χ0n) is 11.3. The molecule has 0 aliphatic heterocycles. The van der Waals surface area contributed by atoms with E-state index in [2.05, 4.69) is 10.3 Å². The molecule has 1 N–H and O–H groups in total. The average Bonchev–Trinajstić information content (AvgIpc) is 2.76. The minimum Gasteiger partial charge on any atom is -0.358 e. The third kappa shape index (κ3) is 3.12. The summed E-state index contributed by atoms with van der Waals surface area (Å²) in [5.74, 6) is 0.0716. The minimum atomic E-state index is -4.44. The molecule has 114 valence electrons. The van der Waals surface area contributed by atoms with Crippen LogP contribution in [0.25, 0.3) is 11.0 Å². The predicted octanol–water partition coefficient (Wildman–Crippen LogP) is 3.10. The number of alkyl halides is 4. The zero-order valence-corrected chi connectivity index (χ0v) is 12.1. The molecule has 1 atom stereocenters. The number of hydrogen-bond acceptors (Lipinski definition) is 2. The molecule has 21 heavy (non-hydrogen) atoms. The number of aromatic nitrogens is 2. The standard InChI is InChI=1S/C13H13ClF3N3O/c1-7(14)12-19-9-5-8(13(15,16)17)3-4-10(9)20(12)6-11(21)18-2/h3-5,7H,6H2,1-2H3,(H,18,21). The fraction of sp³-hybridized carbons (Fsp3) is 0.385. The number of benzene rings is 1. The molecule has 2 rings (SSSR count). The molecule has 0 bridgehead atoms. The van der Waals surface area contributed by atoms with Gasteiger partial charge < -0.3 is 9.88 Å². The van der Waals surface area contributed by atoms with E-state index >= 15 is 0 Å². The Morgan fingerprint density at radius 2 is 2.14 bits per heavy atom. The Bertz CT molecular complexity index is 679. The third-order valence-corrected chi connectivity index (χ3v) is 3.24.